The van der Waals surface area contributed by atoms with Gasteiger partial charge in [0.15, 0.2) is 0 Å². The first-order valence-electron chi connectivity index (χ1n) is 5.24. The van der Waals surface area contributed by atoms with Crippen molar-refractivity contribution in [2.75, 3.05) is 5.32 Å². The highest BCUT2D eigenvalue weighted by Gasteiger charge is 2.24. The van der Waals surface area contributed by atoms with Crippen LogP contribution < -0.4 is 5.32 Å². The van der Waals surface area contributed by atoms with E-state index in [-0.39, 0.29) is 5.54 Å². The quantitative estimate of drug-likeness (QED) is 0.652. The second kappa shape index (κ2) is 4.35. The van der Waals surface area contributed by atoms with E-state index in [4.69, 9.17) is 0 Å². The van der Waals surface area contributed by atoms with Crippen molar-refractivity contribution >= 4 is 21.7 Å². The molecule has 1 aromatic heterocycles. The summed E-state index contributed by atoms with van der Waals surface area (Å²) < 4.78 is 0.877. The van der Waals surface area contributed by atoms with Crippen molar-refractivity contribution in [3.63, 3.8) is 0 Å². The number of hydrogen-bond acceptors (Lipinski definition) is 2. The maximum Gasteiger partial charge on any atom is 0.127 e. The van der Waals surface area contributed by atoms with Crippen molar-refractivity contribution in [2.45, 2.75) is 31.7 Å². The van der Waals surface area contributed by atoms with E-state index in [9.17, 15) is 0 Å². The van der Waals surface area contributed by atoms with E-state index >= 15 is 0 Å². The molecule has 1 heterocycles. The van der Waals surface area contributed by atoms with Gasteiger partial charge in [-0.1, -0.05) is 18.2 Å². The Kier molecular flexibility index (Phi) is 3.10. The van der Waals surface area contributed by atoms with Crippen LogP contribution in [0.5, 0.6) is 0 Å². The SMILES string of the molecule is CC1(Nc2cccc(Br)n2)CC=CCC1. The lowest BCUT2D eigenvalue weighted by atomic mass is 9.88. The maximum absolute atomic E-state index is 4.39. The second-order valence-corrected chi connectivity index (χ2v) is 5.06. The molecule has 0 aromatic carbocycles. The summed E-state index contributed by atoms with van der Waals surface area (Å²) in [6.45, 7) is 2.25. The van der Waals surface area contributed by atoms with Gasteiger partial charge in [-0.25, -0.2) is 4.98 Å². The maximum atomic E-state index is 4.39. The topological polar surface area (TPSA) is 24.9 Å². The molecule has 3 heteroatoms. The Morgan fingerprint density at radius 2 is 2.27 bits per heavy atom. The van der Waals surface area contributed by atoms with Gasteiger partial charge in [0.2, 0.25) is 0 Å². The zero-order valence-electron chi connectivity index (χ0n) is 8.83. The summed E-state index contributed by atoms with van der Waals surface area (Å²) in [5, 5.41) is 3.51. The van der Waals surface area contributed by atoms with Gasteiger partial charge >= 0.3 is 0 Å². The Labute approximate surface area is 98.9 Å². The molecule has 1 unspecified atom stereocenters. The molecule has 1 aliphatic carbocycles. The fraction of sp³-hybridized carbons (Fsp3) is 0.417. The third-order valence-corrected chi connectivity index (χ3v) is 3.18. The van der Waals surface area contributed by atoms with E-state index in [1.54, 1.807) is 0 Å². The molecular formula is C12H15BrN2. The van der Waals surface area contributed by atoms with E-state index in [2.05, 4.69) is 45.3 Å². The molecule has 15 heavy (non-hydrogen) atoms. The average Bonchev–Trinajstić information content (AvgIpc) is 2.18. The van der Waals surface area contributed by atoms with Crippen molar-refractivity contribution in [1.29, 1.82) is 0 Å². The summed E-state index contributed by atoms with van der Waals surface area (Å²) in [7, 11) is 0. The molecule has 2 rings (SSSR count). The van der Waals surface area contributed by atoms with Crippen molar-refractivity contribution in [1.82, 2.24) is 4.98 Å². The number of halogens is 1. The van der Waals surface area contributed by atoms with E-state index in [1.165, 1.54) is 0 Å². The summed E-state index contributed by atoms with van der Waals surface area (Å²) >= 11 is 3.38. The minimum Gasteiger partial charge on any atom is -0.365 e. The van der Waals surface area contributed by atoms with Gasteiger partial charge in [-0.05, 0) is 54.2 Å². The molecule has 0 radical (unpaired) electrons. The Morgan fingerprint density at radius 3 is 2.93 bits per heavy atom. The van der Waals surface area contributed by atoms with E-state index in [1.807, 2.05) is 18.2 Å². The standard InChI is InChI=1S/C12H15BrN2/c1-12(8-3-2-4-9-12)15-11-7-5-6-10(13)14-11/h2-3,5-7H,4,8-9H2,1H3,(H,14,15). The fourth-order valence-electron chi connectivity index (χ4n) is 1.87. The first-order chi connectivity index (χ1) is 7.18. The lowest BCUT2D eigenvalue weighted by Gasteiger charge is -2.32. The lowest BCUT2D eigenvalue weighted by molar-refractivity contribution is 0.464. The molecule has 0 saturated carbocycles. The summed E-state index contributed by atoms with van der Waals surface area (Å²) in [6, 6.07) is 5.95. The van der Waals surface area contributed by atoms with Crippen molar-refractivity contribution in [3.8, 4) is 0 Å². The lowest BCUT2D eigenvalue weighted by Crippen LogP contribution is -2.35. The molecular weight excluding hydrogens is 252 g/mol. The number of hydrogen-bond donors (Lipinski definition) is 1. The Bertz CT molecular complexity index is 376. The number of aromatic nitrogens is 1. The van der Waals surface area contributed by atoms with Crippen LogP contribution in [0.2, 0.25) is 0 Å². The predicted octanol–water partition coefficient (Wildman–Crippen LogP) is 3.75. The summed E-state index contributed by atoms with van der Waals surface area (Å²) in [5.41, 5.74) is 0.155. The van der Waals surface area contributed by atoms with Crippen molar-refractivity contribution < 1.29 is 0 Å². The molecule has 0 aliphatic heterocycles. The van der Waals surface area contributed by atoms with Crippen LogP contribution in [0.1, 0.15) is 26.2 Å². The Morgan fingerprint density at radius 1 is 1.40 bits per heavy atom. The molecule has 0 bridgehead atoms. The number of rotatable bonds is 2. The van der Waals surface area contributed by atoms with Gasteiger partial charge in [-0.2, -0.15) is 0 Å². The highest BCUT2D eigenvalue weighted by Crippen LogP contribution is 2.27. The van der Waals surface area contributed by atoms with Gasteiger partial charge in [0, 0.05) is 5.54 Å². The van der Waals surface area contributed by atoms with Crippen molar-refractivity contribution in [3.05, 3.63) is 35.0 Å². The predicted molar refractivity (Wildman–Crippen MR) is 67.0 cm³/mol. The number of nitrogens with one attached hydrogen (secondary N) is 1. The summed E-state index contributed by atoms with van der Waals surface area (Å²) in [6.07, 6.45) is 7.88. The van der Waals surface area contributed by atoms with E-state index in [0.29, 0.717) is 0 Å². The average molecular weight is 267 g/mol. The van der Waals surface area contributed by atoms with Gasteiger partial charge in [-0.15, -0.1) is 0 Å². The fourth-order valence-corrected chi connectivity index (χ4v) is 2.21. The normalized spacial score (nSPS) is 25.2. The Balaban J connectivity index is 2.10. The molecule has 2 nitrogen and oxygen atoms in total. The molecule has 1 N–H and O–H groups in total. The highest BCUT2D eigenvalue weighted by molar-refractivity contribution is 9.10. The van der Waals surface area contributed by atoms with Gasteiger partial charge < -0.3 is 5.32 Å². The van der Waals surface area contributed by atoms with Gasteiger partial charge in [0.05, 0.1) is 0 Å². The van der Waals surface area contributed by atoms with E-state index in [0.717, 1.165) is 29.7 Å². The first kappa shape index (κ1) is 10.7. The minimum absolute atomic E-state index is 0.155. The van der Waals surface area contributed by atoms with Crippen LogP contribution in [0.25, 0.3) is 0 Å². The van der Waals surface area contributed by atoms with E-state index < -0.39 is 0 Å². The third-order valence-electron chi connectivity index (χ3n) is 2.74. The molecule has 1 atom stereocenters. The second-order valence-electron chi connectivity index (χ2n) is 4.25. The molecule has 0 fully saturated rings. The Hall–Kier alpha value is -0.830. The number of allylic oxidation sites excluding steroid dienone is 1. The largest absolute Gasteiger partial charge is 0.365 e. The smallest absolute Gasteiger partial charge is 0.127 e. The summed E-state index contributed by atoms with van der Waals surface area (Å²) in [4.78, 5) is 4.39. The first-order valence-corrected chi connectivity index (χ1v) is 6.03. The van der Waals surface area contributed by atoms with Crippen LogP contribution in [-0.4, -0.2) is 10.5 Å². The molecule has 1 aliphatic rings. The van der Waals surface area contributed by atoms with Crippen LogP contribution in [0, 0.1) is 0 Å². The van der Waals surface area contributed by atoms with Crippen LogP contribution in [-0.2, 0) is 0 Å². The van der Waals surface area contributed by atoms with Crippen LogP contribution >= 0.6 is 15.9 Å². The highest BCUT2D eigenvalue weighted by atomic mass is 79.9. The third kappa shape index (κ3) is 2.81. The summed E-state index contributed by atoms with van der Waals surface area (Å²) in [5.74, 6) is 0.946. The van der Waals surface area contributed by atoms with Crippen LogP contribution in [0.4, 0.5) is 5.82 Å². The zero-order valence-corrected chi connectivity index (χ0v) is 10.4. The molecule has 0 spiro atoms. The van der Waals surface area contributed by atoms with Gasteiger partial charge in [0.25, 0.3) is 0 Å². The van der Waals surface area contributed by atoms with Crippen LogP contribution in [0.15, 0.2) is 35.0 Å². The molecule has 0 saturated heterocycles. The van der Waals surface area contributed by atoms with Gasteiger partial charge in [0.1, 0.15) is 10.4 Å². The number of nitrogens with zero attached hydrogens (tertiary/aromatic N) is 1. The molecule has 1 aromatic rings. The number of pyridine rings is 1. The molecule has 0 amide bonds. The van der Waals surface area contributed by atoms with Crippen LogP contribution in [0.3, 0.4) is 0 Å². The molecule has 80 valence electrons. The monoisotopic (exact) mass is 266 g/mol. The van der Waals surface area contributed by atoms with Crippen molar-refractivity contribution in [2.24, 2.45) is 0 Å². The number of anilines is 1. The van der Waals surface area contributed by atoms with Gasteiger partial charge in [-0.3, -0.25) is 0 Å². The zero-order chi connectivity index (χ0) is 10.7. The minimum atomic E-state index is 0.155.